The Morgan fingerprint density at radius 3 is 2.64 bits per heavy atom. The van der Waals surface area contributed by atoms with Crippen molar-refractivity contribution in [2.24, 2.45) is 0 Å². The average Bonchev–Trinajstić information content (AvgIpc) is 3.32. The average molecular weight is 562 g/mol. The summed E-state index contributed by atoms with van der Waals surface area (Å²) >= 11 is 2.94. The summed E-state index contributed by atoms with van der Waals surface area (Å²) in [5.41, 5.74) is 3.72. The fourth-order valence-corrected chi connectivity index (χ4v) is 6.70. The Balaban J connectivity index is 1.27. The lowest BCUT2D eigenvalue weighted by Gasteiger charge is -2.25. The fourth-order valence-electron chi connectivity index (χ4n) is 4.90. The molecular weight excluding hydrogens is 530 g/mol. The number of rotatable bonds is 7. The van der Waals surface area contributed by atoms with E-state index in [1.165, 1.54) is 11.3 Å². The number of carbonyl (C=O) groups is 1. The Morgan fingerprint density at radius 1 is 1.18 bits per heavy atom. The Labute approximate surface area is 235 Å². The molecule has 1 aromatic carbocycles. The van der Waals surface area contributed by atoms with Gasteiger partial charge in [-0.05, 0) is 32.6 Å². The van der Waals surface area contributed by atoms with E-state index in [0.717, 1.165) is 76.6 Å². The Hall–Kier alpha value is -3.69. The lowest BCUT2D eigenvalue weighted by Crippen LogP contribution is -2.45. The van der Waals surface area contributed by atoms with Crippen LogP contribution in [0, 0.1) is 18.3 Å². The Bertz CT molecular complexity index is 1560. The molecule has 6 rings (SSSR count). The topological polar surface area (TPSA) is 106 Å². The molecule has 1 saturated heterocycles. The number of anilines is 3. The lowest BCUT2D eigenvalue weighted by molar-refractivity contribution is 0.194. The molecule has 202 valence electrons. The summed E-state index contributed by atoms with van der Waals surface area (Å²) in [5.74, 6) is 0.861. The van der Waals surface area contributed by atoms with Crippen LogP contribution in [0.4, 0.5) is 20.9 Å². The second-order valence-corrected chi connectivity index (χ2v) is 12.2. The zero-order valence-corrected chi connectivity index (χ0v) is 24.1. The van der Waals surface area contributed by atoms with E-state index in [2.05, 4.69) is 23.2 Å². The second kappa shape index (κ2) is 10.1. The van der Waals surface area contributed by atoms with Crippen molar-refractivity contribution in [3.05, 3.63) is 40.4 Å². The van der Waals surface area contributed by atoms with E-state index in [1.54, 1.807) is 11.3 Å². The zero-order chi connectivity index (χ0) is 27.3. The molecule has 12 heteroatoms. The summed E-state index contributed by atoms with van der Waals surface area (Å²) in [6, 6.07) is 10.9. The van der Waals surface area contributed by atoms with Gasteiger partial charge in [-0.2, -0.15) is 9.78 Å². The third-order valence-electron chi connectivity index (χ3n) is 7.43. The van der Waals surface area contributed by atoms with Crippen molar-refractivity contribution >= 4 is 49.7 Å². The van der Waals surface area contributed by atoms with Crippen LogP contribution in [-0.2, 0) is 6.42 Å². The van der Waals surface area contributed by atoms with Gasteiger partial charge in [0.25, 0.3) is 0 Å². The van der Waals surface area contributed by atoms with Crippen molar-refractivity contribution in [2.75, 3.05) is 37.0 Å². The van der Waals surface area contributed by atoms with Gasteiger partial charge in [0.1, 0.15) is 16.6 Å². The van der Waals surface area contributed by atoms with Crippen LogP contribution in [0.3, 0.4) is 0 Å². The van der Waals surface area contributed by atoms with Crippen LogP contribution >= 0.6 is 22.7 Å². The van der Waals surface area contributed by atoms with Crippen molar-refractivity contribution in [2.45, 2.75) is 51.6 Å². The van der Waals surface area contributed by atoms with Crippen LogP contribution in [0.2, 0.25) is 0 Å². The number of benzene rings is 1. The van der Waals surface area contributed by atoms with Crippen molar-refractivity contribution in [3.8, 4) is 17.3 Å². The summed E-state index contributed by atoms with van der Waals surface area (Å²) in [6.07, 6.45) is 3.82. The van der Waals surface area contributed by atoms with Gasteiger partial charge in [0.05, 0.1) is 11.7 Å². The third kappa shape index (κ3) is 4.81. The number of hydrogen-bond donors (Lipinski definition) is 1. The van der Waals surface area contributed by atoms with Gasteiger partial charge in [-0.25, -0.2) is 14.8 Å². The second-order valence-electron chi connectivity index (χ2n) is 10.2. The van der Waals surface area contributed by atoms with Crippen LogP contribution in [0.25, 0.3) is 16.2 Å². The molecule has 39 heavy (non-hydrogen) atoms. The third-order valence-corrected chi connectivity index (χ3v) is 9.43. The van der Waals surface area contributed by atoms with Gasteiger partial charge < -0.3 is 20.0 Å². The summed E-state index contributed by atoms with van der Waals surface area (Å²) in [4.78, 5) is 29.8. The summed E-state index contributed by atoms with van der Waals surface area (Å²) < 4.78 is 1.90. The number of nitrogens with one attached hydrogen (secondary N) is 1. The van der Waals surface area contributed by atoms with Gasteiger partial charge in [0, 0.05) is 38.8 Å². The van der Waals surface area contributed by atoms with Crippen LogP contribution in [0.15, 0.2) is 24.3 Å². The predicted octanol–water partition coefficient (Wildman–Crippen LogP) is 4.81. The summed E-state index contributed by atoms with van der Waals surface area (Å²) in [5, 5.41) is 19.5. The molecule has 2 fully saturated rings. The molecule has 4 heterocycles. The number of aromatic nitrogens is 4. The highest BCUT2D eigenvalue weighted by atomic mass is 32.1. The smallest absolute Gasteiger partial charge is 0.317 e. The number of nitrogens with zero attached hydrogens (tertiary/aromatic N) is 8. The van der Waals surface area contributed by atoms with Gasteiger partial charge in [0.15, 0.2) is 10.9 Å². The largest absolute Gasteiger partial charge is 0.345 e. The first kappa shape index (κ1) is 25.6. The van der Waals surface area contributed by atoms with E-state index in [-0.39, 0.29) is 12.1 Å². The maximum absolute atomic E-state index is 12.5. The number of carbonyl (C=O) groups excluding carboxylic acids is 1. The van der Waals surface area contributed by atoms with Crippen LogP contribution in [0.1, 0.15) is 42.3 Å². The maximum atomic E-state index is 12.5. The van der Waals surface area contributed by atoms with Gasteiger partial charge in [-0.1, -0.05) is 59.4 Å². The first-order valence-corrected chi connectivity index (χ1v) is 14.9. The van der Waals surface area contributed by atoms with E-state index in [1.807, 2.05) is 59.6 Å². The highest BCUT2D eigenvalue weighted by Gasteiger charge is 2.33. The number of hydrogen-bond acceptors (Lipinski definition) is 9. The minimum absolute atomic E-state index is 0.0139. The molecule has 1 unspecified atom stereocenters. The highest BCUT2D eigenvalue weighted by Crippen LogP contribution is 2.38. The molecule has 4 aromatic rings. The van der Waals surface area contributed by atoms with Crippen LogP contribution < -0.4 is 15.1 Å². The first-order chi connectivity index (χ1) is 18.9. The first-order valence-electron chi connectivity index (χ1n) is 13.2. The number of nitriles is 1. The predicted molar refractivity (Wildman–Crippen MR) is 155 cm³/mol. The van der Waals surface area contributed by atoms with Crippen molar-refractivity contribution in [1.29, 1.82) is 5.26 Å². The minimum Gasteiger partial charge on any atom is -0.345 e. The van der Waals surface area contributed by atoms with Gasteiger partial charge in [-0.3, -0.25) is 0 Å². The molecule has 2 amide bonds. The molecule has 1 atom stereocenters. The fraction of sp³-hybridized carbons (Fsp3) is 0.444. The molecular formula is C27H31N9OS2. The number of likely N-dealkylation sites (N-methyl/N-ethyl adjacent to an activating group) is 1. The van der Waals surface area contributed by atoms with Crippen molar-refractivity contribution in [3.63, 3.8) is 0 Å². The van der Waals surface area contributed by atoms with Gasteiger partial charge in [0.2, 0.25) is 10.1 Å². The van der Waals surface area contributed by atoms with Crippen LogP contribution in [0.5, 0.6) is 0 Å². The van der Waals surface area contributed by atoms with Crippen molar-refractivity contribution in [1.82, 2.24) is 29.8 Å². The molecule has 0 spiro atoms. The molecule has 10 nitrogen and oxygen atoms in total. The monoisotopic (exact) mass is 561 g/mol. The quantitative estimate of drug-likeness (QED) is 0.345. The molecule has 0 bridgehead atoms. The lowest BCUT2D eigenvalue weighted by atomic mass is 10.1. The highest BCUT2D eigenvalue weighted by molar-refractivity contribution is 7.20. The number of thiazole rings is 1. The van der Waals surface area contributed by atoms with Crippen LogP contribution in [-0.4, -0.2) is 69.8 Å². The van der Waals surface area contributed by atoms with E-state index in [0.29, 0.717) is 16.6 Å². The van der Waals surface area contributed by atoms with E-state index in [4.69, 9.17) is 15.1 Å². The van der Waals surface area contributed by atoms with E-state index >= 15 is 0 Å². The number of amides is 2. The summed E-state index contributed by atoms with van der Waals surface area (Å²) in [7, 11) is 3.84. The molecule has 1 N–H and O–H groups in total. The number of aryl methyl sites for hydroxylation is 2. The number of fused-ring (bicyclic) bond motifs is 1. The minimum atomic E-state index is 0.0139. The maximum Gasteiger partial charge on any atom is 0.317 e. The molecule has 3 aromatic heterocycles. The number of urea groups is 1. The SMILES string of the molecule is CCc1nc2sc(N3CCC(N(C)C(=O)NC4CC4)C3)nn2c1N(C)c1nc(-c2ccc(C)cc2)c(C#N)s1. The standard InChI is InChI=1S/C27H31N9OS2/c1-5-20-23(34(4)25-31-22(21(14-28)38-25)17-8-6-16(2)7-9-17)36-26(30-20)39-27(32-36)35-13-12-19(15-35)33(3)24(37)29-18-10-11-18/h6-9,18-19H,5,10-13,15H2,1-4H3,(H,29,37). The Kier molecular flexibility index (Phi) is 6.64. The van der Waals surface area contributed by atoms with Gasteiger partial charge >= 0.3 is 6.03 Å². The molecule has 1 aliphatic carbocycles. The zero-order valence-electron chi connectivity index (χ0n) is 22.5. The number of imidazole rings is 1. The van der Waals surface area contributed by atoms with Crippen molar-refractivity contribution < 1.29 is 4.79 Å². The normalized spacial score (nSPS) is 17.0. The van der Waals surface area contributed by atoms with E-state index in [9.17, 15) is 10.1 Å². The van der Waals surface area contributed by atoms with Gasteiger partial charge in [-0.15, -0.1) is 5.10 Å². The van der Waals surface area contributed by atoms with E-state index < -0.39 is 0 Å². The molecule has 1 aliphatic heterocycles. The molecule has 1 saturated carbocycles. The molecule has 0 radical (unpaired) electrons. The Morgan fingerprint density at radius 2 is 1.95 bits per heavy atom. The molecule has 2 aliphatic rings. The summed E-state index contributed by atoms with van der Waals surface area (Å²) in [6.45, 7) is 5.71.